The molecule has 0 saturated carbocycles. The van der Waals surface area contributed by atoms with Gasteiger partial charge in [0.05, 0.1) is 17.6 Å². The van der Waals surface area contributed by atoms with Gasteiger partial charge in [-0.1, -0.05) is 6.07 Å². The molecule has 2 N–H and O–H groups in total. The van der Waals surface area contributed by atoms with E-state index in [1.165, 1.54) is 12.2 Å². The van der Waals surface area contributed by atoms with Crippen LogP contribution in [0, 0.1) is 12.8 Å². The van der Waals surface area contributed by atoms with E-state index in [1.807, 2.05) is 25.3 Å². The highest BCUT2D eigenvalue weighted by molar-refractivity contribution is 5.66. The second-order valence-corrected chi connectivity index (χ2v) is 6.64. The predicted octanol–water partition coefficient (Wildman–Crippen LogP) is 2.39. The minimum absolute atomic E-state index is 0.736. The molecule has 0 aliphatic carbocycles. The van der Waals surface area contributed by atoms with Crippen LogP contribution in [0.5, 0.6) is 0 Å². The van der Waals surface area contributed by atoms with Gasteiger partial charge in [-0.25, -0.2) is 0 Å². The van der Waals surface area contributed by atoms with Crippen LogP contribution in [0.15, 0.2) is 36.5 Å². The van der Waals surface area contributed by atoms with E-state index in [0.717, 1.165) is 47.6 Å². The molecule has 2 aliphatic rings. The number of rotatable bonds is 2. The molecule has 3 heterocycles. The molecule has 1 aromatic heterocycles. The van der Waals surface area contributed by atoms with Gasteiger partial charge in [0.25, 0.3) is 0 Å². The molecule has 0 radical (unpaired) electrons. The fraction of sp³-hybridized carbons (Fsp3) is 0.389. The molecule has 2 aliphatic heterocycles. The number of pyridine rings is 1. The maximum Gasteiger partial charge on any atom is 0.0703 e. The number of hydrogen-bond donors (Lipinski definition) is 1. The minimum Gasteiger partial charge on any atom is -0.399 e. The van der Waals surface area contributed by atoms with Gasteiger partial charge in [0.1, 0.15) is 0 Å². The molecular weight excluding hydrogens is 272 g/mol. The summed E-state index contributed by atoms with van der Waals surface area (Å²) in [5, 5.41) is 0. The Morgan fingerprint density at radius 2 is 2.00 bits per heavy atom. The molecule has 2 saturated heterocycles. The van der Waals surface area contributed by atoms with Crippen LogP contribution in [0.25, 0.3) is 11.3 Å². The van der Waals surface area contributed by atoms with Crippen LogP contribution in [0.3, 0.4) is 0 Å². The van der Waals surface area contributed by atoms with E-state index in [-0.39, 0.29) is 0 Å². The van der Waals surface area contributed by atoms with Crippen LogP contribution >= 0.6 is 0 Å². The van der Waals surface area contributed by atoms with Gasteiger partial charge >= 0.3 is 0 Å². The summed E-state index contributed by atoms with van der Waals surface area (Å²) in [4.78, 5) is 9.57. The summed E-state index contributed by atoms with van der Waals surface area (Å²) in [5.41, 5.74) is 11.2. The zero-order valence-electron chi connectivity index (χ0n) is 13.2. The van der Waals surface area contributed by atoms with E-state index in [2.05, 4.69) is 40.0 Å². The lowest BCUT2D eigenvalue weighted by Gasteiger charge is -2.40. The quantitative estimate of drug-likeness (QED) is 0.864. The number of nitrogens with two attached hydrogens (primary N) is 1. The summed E-state index contributed by atoms with van der Waals surface area (Å²) in [5.74, 6) is 0.837. The largest absolute Gasteiger partial charge is 0.399 e. The molecule has 4 nitrogen and oxygen atoms in total. The molecule has 0 bridgehead atoms. The van der Waals surface area contributed by atoms with Crippen molar-refractivity contribution < 1.29 is 0 Å². The fourth-order valence-electron chi connectivity index (χ4n) is 3.69. The Kier molecular flexibility index (Phi) is 3.08. The van der Waals surface area contributed by atoms with Gasteiger partial charge in [0.2, 0.25) is 0 Å². The normalized spacial score (nSPS) is 24.2. The number of fused-ring (bicyclic) bond motifs is 1. The van der Waals surface area contributed by atoms with Gasteiger partial charge in [-0.2, -0.15) is 0 Å². The van der Waals surface area contributed by atoms with Crippen LogP contribution in [-0.2, 0) is 0 Å². The highest BCUT2D eigenvalue weighted by atomic mass is 15.3. The second-order valence-electron chi connectivity index (χ2n) is 6.64. The number of nitrogen functional groups attached to an aromatic ring is 1. The third-order valence-corrected chi connectivity index (χ3v) is 5.17. The molecule has 1 aromatic carbocycles. The van der Waals surface area contributed by atoms with Gasteiger partial charge < -0.3 is 15.5 Å². The van der Waals surface area contributed by atoms with E-state index in [9.17, 15) is 0 Å². The van der Waals surface area contributed by atoms with Crippen molar-refractivity contribution in [1.82, 2.24) is 9.88 Å². The standard InChI is InChI=1S/C18H22N4/c1-12-7-13(3-5-16(12)19)17-6-4-15(8-20-17)22-10-14-9-21(2)18(14)11-22/h3-8,14,18H,9-11,19H2,1-2H3. The summed E-state index contributed by atoms with van der Waals surface area (Å²) in [7, 11) is 2.22. The lowest BCUT2D eigenvalue weighted by Crippen LogP contribution is -2.52. The Labute approximate surface area is 131 Å². The first-order valence-electron chi connectivity index (χ1n) is 7.89. The van der Waals surface area contributed by atoms with Crippen LogP contribution in [-0.4, -0.2) is 42.6 Å². The fourth-order valence-corrected chi connectivity index (χ4v) is 3.69. The van der Waals surface area contributed by atoms with Crippen LogP contribution < -0.4 is 10.6 Å². The third-order valence-electron chi connectivity index (χ3n) is 5.17. The molecule has 0 spiro atoms. The Hall–Kier alpha value is -2.07. The topological polar surface area (TPSA) is 45.4 Å². The summed E-state index contributed by atoms with van der Waals surface area (Å²) in [6, 6.07) is 11.1. The van der Waals surface area contributed by atoms with E-state index in [0.29, 0.717) is 0 Å². The first-order valence-corrected chi connectivity index (χ1v) is 7.89. The Balaban J connectivity index is 1.54. The maximum atomic E-state index is 5.89. The molecule has 4 heteroatoms. The summed E-state index contributed by atoms with van der Waals surface area (Å²) < 4.78 is 0. The lowest BCUT2D eigenvalue weighted by atomic mass is 9.93. The predicted molar refractivity (Wildman–Crippen MR) is 90.9 cm³/mol. The van der Waals surface area contributed by atoms with Crippen molar-refractivity contribution in [1.29, 1.82) is 0 Å². The number of likely N-dealkylation sites (N-methyl/N-ethyl adjacent to an activating group) is 1. The zero-order chi connectivity index (χ0) is 15.3. The van der Waals surface area contributed by atoms with E-state index < -0.39 is 0 Å². The average molecular weight is 294 g/mol. The van der Waals surface area contributed by atoms with Crippen LogP contribution in [0.2, 0.25) is 0 Å². The van der Waals surface area contributed by atoms with Gasteiger partial charge in [0, 0.05) is 42.8 Å². The monoisotopic (exact) mass is 294 g/mol. The number of nitrogens with zero attached hydrogens (tertiary/aromatic N) is 3. The number of anilines is 2. The van der Waals surface area contributed by atoms with Gasteiger partial charge in [0.15, 0.2) is 0 Å². The van der Waals surface area contributed by atoms with Gasteiger partial charge in [-0.3, -0.25) is 4.98 Å². The van der Waals surface area contributed by atoms with Crippen molar-refractivity contribution >= 4 is 11.4 Å². The molecule has 22 heavy (non-hydrogen) atoms. The number of aromatic nitrogens is 1. The van der Waals surface area contributed by atoms with E-state index in [4.69, 9.17) is 5.73 Å². The molecule has 2 unspecified atom stereocenters. The highest BCUT2D eigenvalue weighted by Gasteiger charge is 2.43. The smallest absolute Gasteiger partial charge is 0.0703 e. The molecule has 2 atom stereocenters. The number of likely N-dealkylation sites (tertiary alicyclic amines) is 1. The SMILES string of the molecule is Cc1cc(-c2ccc(N3CC4CN(C)C4C3)cn2)ccc1N. The molecule has 4 rings (SSSR count). The van der Waals surface area contributed by atoms with Crippen molar-refractivity contribution in [3.05, 3.63) is 42.1 Å². The maximum absolute atomic E-state index is 5.89. The van der Waals surface area contributed by atoms with E-state index in [1.54, 1.807) is 0 Å². The minimum atomic E-state index is 0.736. The summed E-state index contributed by atoms with van der Waals surface area (Å²) in [6.07, 6.45) is 2.01. The van der Waals surface area contributed by atoms with Crippen molar-refractivity contribution in [2.24, 2.45) is 5.92 Å². The van der Waals surface area contributed by atoms with E-state index >= 15 is 0 Å². The van der Waals surface area contributed by atoms with Crippen LogP contribution in [0.4, 0.5) is 11.4 Å². The number of hydrogen-bond acceptors (Lipinski definition) is 4. The van der Waals surface area contributed by atoms with Crippen molar-refractivity contribution in [2.75, 3.05) is 37.3 Å². The second kappa shape index (κ2) is 4.99. The Bertz CT molecular complexity index is 695. The first kappa shape index (κ1) is 13.6. The summed E-state index contributed by atoms with van der Waals surface area (Å²) >= 11 is 0. The Morgan fingerprint density at radius 3 is 2.64 bits per heavy atom. The zero-order valence-corrected chi connectivity index (χ0v) is 13.2. The summed E-state index contributed by atoms with van der Waals surface area (Å²) in [6.45, 7) is 5.56. The molecule has 0 amide bonds. The van der Waals surface area contributed by atoms with Crippen molar-refractivity contribution in [3.63, 3.8) is 0 Å². The number of aryl methyl sites for hydroxylation is 1. The van der Waals surface area contributed by atoms with Crippen molar-refractivity contribution in [3.8, 4) is 11.3 Å². The average Bonchev–Trinajstić information content (AvgIpc) is 2.87. The molecule has 2 fully saturated rings. The highest BCUT2D eigenvalue weighted by Crippen LogP contribution is 2.34. The third kappa shape index (κ3) is 2.15. The molecule has 2 aromatic rings. The van der Waals surface area contributed by atoms with Gasteiger partial charge in [-0.15, -0.1) is 0 Å². The first-order chi connectivity index (χ1) is 10.6. The van der Waals surface area contributed by atoms with Gasteiger partial charge in [-0.05, 0) is 43.8 Å². The lowest BCUT2D eigenvalue weighted by molar-refractivity contribution is 0.0827. The van der Waals surface area contributed by atoms with Crippen LogP contribution in [0.1, 0.15) is 5.56 Å². The van der Waals surface area contributed by atoms with Crippen molar-refractivity contribution in [2.45, 2.75) is 13.0 Å². The molecule has 114 valence electrons. The molecular formula is C18H22N4. The Morgan fingerprint density at radius 1 is 1.14 bits per heavy atom. The number of benzene rings is 1.